The van der Waals surface area contributed by atoms with E-state index < -0.39 is 18.1 Å². The van der Waals surface area contributed by atoms with Gasteiger partial charge in [0.05, 0.1) is 40.3 Å². The maximum Gasteiger partial charge on any atom is 0.306 e. The summed E-state index contributed by atoms with van der Waals surface area (Å²) in [5.41, 5.74) is 0. The minimum absolute atomic E-state index is 0.0397. The minimum Gasteiger partial charge on any atom is -0.544 e. The Bertz CT molecular complexity index is 1070. The molecule has 0 amide bonds. The summed E-state index contributed by atoms with van der Waals surface area (Å²) < 4.78 is 17.2. The zero-order valence-corrected chi connectivity index (χ0v) is 41.6. The van der Waals surface area contributed by atoms with Gasteiger partial charge in [0.1, 0.15) is 12.6 Å². The van der Waals surface area contributed by atoms with Crippen molar-refractivity contribution in [2.75, 3.05) is 41.0 Å². The fourth-order valence-electron chi connectivity index (χ4n) is 7.94. The maximum atomic E-state index is 12.8. The molecule has 0 aromatic heterocycles. The summed E-state index contributed by atoms with van der Waals surface area (Å²) in [6, 6.07) is -0.726. The van der Waals surface area contributed by atoms with Crippen molar-refractivity contribution in [3.63, 3.8) is 0 Å². The number of rotatable bonds is 48. The predicted molar refractivity (Wildman–Crippen MR) is 259 cm³/mol. The summed E-state index contributed by atoms with van der Waals surface area (Å²) in [5, 5.41) is 11.7. The summed E-state index contributed by atoms with van der Waals surface area (Å²) in [6.45, 7) is 4.68. The summed E-state index contributed by atoms with van der Waals surface area (Å²) >= 11 is 0. The number of quaternary nitrogens is 1. The van der Waals surface area contributed by atoms with Crippen LogP contribution in [0.15, 0.2) is 24.3 Å². The predicted octanol–water partition coefficient (Wildman–Crippen LogP) is 13.9. The molecule has 0 radical (unpaired) electrons. The molecule has 0 saturated carbocycles. The summed E-state index contributed by atoms with van der Waals surface area (Å²) in [6.07, 6.45) is 52.1. The van der Waals surface area contributed by atoms with E-state index in [9.17, 15) is 19.5 Å². The van der Waals surface area contributed by atoms with Gasteiger partial charge < -0.3 is 28.6 Å². The molecule has 0 aliphatic carbocycles. The third-order valence-corrected chi connectivity index (χ3v) is 12.1. The van der Waals surface area contributed by atoms with E-state index in [-0.39, 0.29) is 42.7 Å². The molecule has 364 valence electrons. The molecular formula is C54H101NO7. The molecule has 2 unspecified atom stereocenters. The molecule has 0 rings (SSSR count). The van der Waals surface area contributed by atoms with E-state index in [1.54, 1.807) is 21.1 Å². The Morgan fingerprint density at radius 1 is 0.468 bits per heavy atom. The second-order valence-electron chi connectivity index (χ2n) is 19.1. The van der Waals surface area contributed by atoms with Crippen LogP contribution in [0, 0.1) is 0 Å². The number of carboxylic acid groups (broad SMARTS) is 1. The molecule has 0 spiro atoms. The monoisotopic (exact) mass is 876 g/mol. The van der Waals surface area contributed by atoms with Crippen molar-refractivity contribution < 1.29 is 38.2 Å². The molecule has 0 fully saturated rings. The van der Waals surface area contributed by atoms with Crippen LogP contribution in [0.2, 0.25) is 0 Å². The molecule has 8 heteroatoms. The van der Waals surface area contributed by atoms with E-state index in [1.165, 1.54) is 167 Å². The van der Waals surface area contributed by atoms with Gasteiger partial charge in [-0.2, -0.15) is 0 Å². The highest BCUT2D eigenvalue weighted by atomic mass is 16.6. The second kappa shape index (κ2) is 45.4. The van der Waals surface area contributed by atoms with Crippen molar-refractivity contribution in [2.24, 2.45) is 0 Å². The number of likely N-dealkylation sites (N-methyl/N-ethyl adjacent to an activating group) is 1. The lowest BCUT2D eigenvalue weighted by Crippen LogP contribution is -2.55. The van der Waals surface area contributed by atoms with Gasteiger partial charge in [0.25, 0.3) is 0 Å². The van der Waals surface area contributed by atoms with Gasteiger partial charge in [0.2, 0.25) is 0 Å². The third kappa shape index (κ3) is 43.1. The lowest BCUT2D eigenvalue weighted by atomic mass is 10.0. The van der Waals surface area contributed by atoms with Crippen molar-refractivity contribution in [3.8, 4) is 0 Å². The molecule has 2 atom stereocenters. The van der Waals surface area contributed by atoms with Gasteiger partial charge in [-0.1, -0.05) is 192 Å². The standard InChI is InChI=1S/C54H101NO7/c1-6-8-10-12-14-16-18-20-22-24-25-26-27-28-29-31-33-35-37-39-41-43-45-53(57)62-50(48-60-47-46-51(54(58)59)55(3,4)5)49-61-52(56)44-42-40-38-36-34-32-30-23-21-19-17-15-13-11-9-7-2/h23,27-28,30,50-51H,6-22,24-26,29,31-49H2,1-5H3/b28-27+,30-23+. The molecule has 8 nitrogen and oxygen atoms in total. The van der Waals surface area contributed by atoms with Gasteiger partial charge >= 0.3 is 11.9 Å². The number of carboxylic acids is 1. The van der Waals surface area contributed by atoms with Crippen molar-refractivity contribution in [3.05, 3.63) is 24.3 Å². The van der Waals surface area contributed by atoms with E-state index in [1.807, 2.05) is 0 Å². The van der Waals surface area contributed by atoms with E-state index in [2.05, 4.69) is 38.2 Å². The number of hydrogen-bond acceptors (Lipinski definition) is 7. The number of allylic oxidation sites excluding steroid dienone is 4. The number of hydrogen-bond donors (Lipinski definition) is 0. The highest BCUT2D eigenvalue weighted by molar-refractivity contribution is 5.70. The van der Waals surface area contributed by atoms with Crippen molar-refractivity contribution in [1.82, 2.24) is 0 Å². The first-order valence-corrected chi connectivity index (χ1v) is 26.4. The van der Waals surface area contributed by atoms with Gasteiger partial charge in [-0.25, -0.2) is 0 Å². The molecule has 62 heavy (non-hydrogen) atoms. The van der Waals surface area contributed by atoms with Crippen LogP contribution >= 0.6 is 0 Å². The largest absolute Gasteiger partial charge is 0.544 e. The summed E-state index contributed by atoms with van der Waals surface area (Å²) in [7, 11) is 5.42. The molecule has 0 aromatic carbocycles. The topological polar surface area (TPSA) is 102 Å². The van der Waals surface area contributed by atoms with E-state index >= 15 is 0 Å². The minimum atomic E-state index is -1.12. The van der Waals surface area contributed by atoms with Crippen LogP contribution < -0.4 is 5.11 Å². The number of nitrogens with zero attached hydrogens (tertiary/aromatic N) is 1. The lowest BCUT2D eigenvalue weighted by molar-refractivity contribution is -0.889. The average molecular weight is 876 g/mol. The third-order valence-electron chi connectivity index (χ3n) is 12.1. The average Bonchev–Trinajstić information content (AvgIpc) is 3.23. The highest BCUT2D eigenvalue weighted by Gasteiger charge is 2.25. The first-order chi connectivity index (χ1) is 30.1. The summed E-state index contributed by atoms with van der Waals surface area (Å²) in [4.78, 5) is 37.0. The van der Waals surface area contributed by atoms with Gasteiger partial charge in [0, 0.05) is 19.3 Å². The highest BCUT2D eigenvalue weighted by Crippen LogP contribution is 2.15. The molecule has 0 aromatic rings. The SMILES string of the molecule is CCCCCCCCC/C=C/CCCCCCCC(=O)OCC(COCCC(C(=O)[O-])[N+](C)(C)C)OC(=O)CCCCCCCCC/C=C/CCCCCCCCCCCCC. The fraction of sp³-hybridized carbons (Fsp3) is 0.870. The quantitative estimate of drug-likeness (QED) is 0.0260. The molecule has 0 N–H and O–H groups in total. The van der Waals surface area contributed by atoms with Crippen LogP contribution in [-0.2, 0) is 28.6 Å². The van der Waals surface area contributed by atoms with Gasteiger partial charge in [-0.3, -0.25) is 9.59 Å². The maximum absolute atomic E-state index is 12.8. The number of carbonyl (C=O) groups is 3. The van der Waals surface area contributed by atoms with Crippen LogP contribution in [0.25, 0.3) is 0 Å². The number of esters is 2. The Morgan fingerprint density at radius 2 is 0.806 bits per heavy atom. The zero-order valence-electron chi connectivity index (χ0n) is 41.6. The smallest absolute Gasteiger partial charge is 0.306 e. The van der Waals surface area contributed by atoms with Crippen LogP contribution in [0.4, 0.5) is 0 Å². The van der Waals surface area contributed by atoms with Gasteiger partial charge in [-0.15, -0.1) is 0 Å². The molecule has 0 aliphatic heterocycles. The van der Waals surface area contributed by atoms with Crippen LogP contribution in [0.3, 0.4) is 0 Å². The van der Waals surface area contributed by atoms with E-state index in [0.717, 1.165) is 51.4 Å². The van der Waals surface area contributed by atoms with E-state index in [4.69, 9.17) is 14.2 Å². The first-order valence-electron chi connectivity index (χ1n) is 26.4. The first kappa shape index (κ1) is 59.8. The molecular weight excluding hydrogens is 775 g/mol. The van der Waals surface area contributed by atoms with Gasteiger partial charge in [0.15, 0.2) is 6.10 Å². The van der Waals surface area contributed by atoms with Crippen LogP contribution in [0.5, 0.6) is 0 Å². The second-order valence-corrected chi connectivity index (χ2v) is 19.1. The number of unbranched alkanes of at least 4 members (excludes halogenated alkanes) is 30. The lowest BCUT2D eigenvalue weighted by Gasteiger charge is -2.34. The Hall–Kier alpha value is -2.19. The van der Waals surface area contributed by atoms with Crippen molar-refractivity contribution in [2.45, 2.75) is 264 Å². The Morgan fingerprint density at radius 3 is 1.16 bits per heavy atom. The Kier molecular flexibility index (Phi) is 43.8. The zero-order chi connectivity index (χ0) is 45.6. The number of carbonyl (C=O) groups excluding carboxylic acids is 3. The molecule has 0 saturated heterocycles. The van der Waals surface area contributed by atoms with Crippen molar-refractivity contribution >= 4 is 17.9 Å². The molecule has 0 aliphatic rings. The Balaban J connectivity index is 4.22. The van der Waals surface area contributed by atoms with Crippen molar-refractivity contribution in [1.29, 1.82) is 0 Å². The van der Waals surface area contributed by atoms with Crippen LogP contribution in [-0.4, -0.2) is 75.5 Å². The van der Waals surface area contributed by atoms with Crippen LogP contribution in [0.1, 0.15) is 251 Å². The molecule has 0 bridgehead atoms. The van der Waals surface area contributed by atoms with Gasteiger partial charge in [-0.05, 0) is 64.2 Å². The molecule has 0 heterocycles. The fourth-order valence-corrected chi connectivity index (χ4v) is 7.94. The normalized spacial score (nSPS) is 13.0. The number of aliphatic carboxylic acids is 1. The summed E-state index contributed by atoms with van der Waals surface area (Å²) in [5.74, 6) is -1.74. The number of ether oxygens (including phenoxy) is 3. The van der Waals surface area contributed by atoms with E-state index in [0.29, 0.717) is 12.8 Å². The Labute approximate surface area is 383 Å².